The second kappa shape index (κ2) is 10.2. The van der Waals surface area contributed by atoms with E-state index < -0.39 is 0 Å². The van der Waals surface area contributed by atoms with Gasteiger partial charge in [-0.05, 0) is 68.3 Å². The molecule has 0 unspecified atom stereocenters. The van der Waals surface area contributed by atoms with Gasteiger partial charge in [-0.3, -0.25) is 9.69 Å². The van der Waals surface area contributed by atoms with E-state index in [-0.39, 0.29) is 5.91 Å². The van der Waals surface area contributed by atoms with Crippen molar-refractivity contribution in [3.63, 3.8) is 0 Å². The number of aromatic nitrogens is 1. The van der Waals surface area contributed by atoms with E-state index in [4.69, 9.17) is 16.3 Å². The van der Waals surface area contributed by atoms with Crippen LogP contribution >= 0.6 is 11.6 Å². The smallest absolute Gasteiger partial charge is 0.255 e. The average molecular weight is 456 g/mol. The molecule has 0 radical (unpaired) electrons. The van der Waals surface area contributed by atoms with E-state index >= 15 is 0 Å². The first kappa shape index (κ1) is 23.1. The van der Waals surface area contributed by atoms with Gasteiger partial charge in [-0.1, -0.05) is 43.6 Å². The van der Waals surface area contributed by atoms with Crippen LogP contribution in [0.1, 0.15) is 55.5 Å². The molecular formula is C26H34ClN3O2. The fourth-order valence-corrected chi connectivity index (χ4v) is 4.94. The normalized spacial score (nSPS) is 18.8. The lowest BCUT2D eigenvalue weighted by molar-refractivity contribution is 0.0283. The third kappa shape index (κ3) is 5.62. The van der Waals surface area contributed by atoms with E-state index in [1.165, 1.54) is 18.4 Å². The molecule has 0 atom stereocenters. The molecule has 1 amide bonds. The maximum absolute atomic E-state index is 12.8. The molecule has 5 nitrogen and oxygen atoms in total. The highest BCUT2D eigenvalue weighted by Crippen LogP contribution is 2.42. The summed E-state index contributed by atoms with van der Waals surface area (Å²) in [5.41, 5.74) is 2.28. The summed E-state index contributed by atoms with van der Waals surface area (Å²) in [7, 11) is 0. The van der Waals surface area contributed by atoms with E-state index in [9.17, 15) is 4.79 Å². The molecule has 4 rings (SSSR count). The van der Waals surface area contributed by atoms with Gasteiger partial charge in [0.1, 0.15) is 10.9 Å². The number of amides is 1. The Labute approximate surface area is 196 Å². The van der Waals surface area contributed by atoms with Crippen LogP contribution in [-0.4, -0.2) is 53.5 Å². The van der Waals surface area contributed by atoms with Gasteiger partial charge in [-0.2, -0.15) is 0 Å². The van der Waals surface area contributed by atoms with E-state index in [0.717, 1.165) is 57.9 Å². The van der Waals surface area contributed by atoms with Crippen molar-refractivity contribution < 1.29 is 9.53 Å². The molecule has 0 N–H and O–H groups in total. The largest absolute Gasteiger partial charge is 0.493 e. The van der Waals surface area contributed by atoms with Gasteiger partial charge in [0.25, 0.3) is 5.91 Å². The van der Waals surface area contributed by atoms with Crippen LogP contribution < -0.4 is 4.74 Å². The van der Waals surface area contributed by atoms with Gasteiger partial charge in [-0.15, -0.1) is 0 Å². The van der Waals surface area contributed by atoms with Crippen molar-refractivity contribution in [2.75, 3.05) is 32.8 Å². The minimum absolute atomic E-state index is 0.0689. The molecule has 32 heavy (non-hydrogen) atoms. The molecule has 0 aliphatic carbocycles. The second-order valence-corrected chi connectivity index (χ2v) is 10.1. The predicted molar refractivity (Wildman–Crippen MR) is 128 cm³/mol. The average Bonchev–Trinajstić information content (AvgIpc) is 2.81. The fraction of sp³-hybridized carbons (Fsp3) is 0.538. The molecule has 3 heterocycles. The number of halogens is 1. The molecule has 2 aliphatic heterocycles. The number of pyridine rings is 1. The van der Waals surface area contributed by atoms with Gasteiger partial charge < -0.3 is 9.64 Å². The van der Waals surface area contributed by atoms with Gasteiger partial charge >= 0.3 is 0 Å². The Morgan fingerprint density at radius 2 is 1.75 bits per heavy atom. The molecule has 1 aromatic heterocycles. The number of ether oxygens (including phenoxy) is 1. The molecular weight excluding hydrogens is 422 g/mol. The van der Waals surface area contributed by atoms with Crippen LogP contribution in [0.3, 0.4) is 0 Å². The summed E-state index contributed by atoms with van der Waals surface area (Å²) in [6, 6.07) is 11.9. The molecule has 0 saturated carbocycles. The summed E-state index contributed by atoms with van der Waals surface area (Å²) in [6.07, 6.45) is 6.15. The summed E-state index contributed by atoms with van der Waals surface area (Å²) < 4.78 is 6.05. The highest BCUT2D eigenvalue weighted by molar-refractivity contribution is 6.29. The maximum atomic E-state index is 12.8. The number of carbonyl (C=O) groups is 1. The Balaban J connectivity index is 1.28. The van der Waals surface area contributed by atoms with Gasteiger partial charge in [0.2, 0.25) is 0 Å². The Kier molecular flexibility index (Phi) is 7.37. The van der Waals surface area contributed by atoms with Crippen molar-refractivity contribution >= 4 is 17.5 Å². The zero-order chi connectivity index (χ0) is 22.6. The number of benzene rings is 1. The monoisotopic (exact) mass is 455 g/mol. The van der Waals surface area contributed by atoms with Crippen LogP contribution in [0.2, 0.25) is 5.15 Å². The molecule has 2 aliphatic rings. The standard InChI is InChI=1S/C26H34ClN3O2/c1-20(2)19-32-23-6-4-3-5-22(23)18-29-13-9-26(10-14-29)11-15-30(16-12-26)25(31)21-7-8-24(27)28-17-21/h3-8,17,20H,9-16,18-19H2,1-2H3. The number of carbonyl (C=O) groups excluding carboxylic acids is 1. The van der Waals surface area contributed by atoms with E-state index in [0.29, 0.717) is 22.0 Å². The lowest BCUT2D eigenvalue weighted by atomic mass is 9.71. The predicted octanol–water partition coefficient (Wildman–Crippen LogP) is 5.29. The minimum atomic E-state index is 0.0689. The first-order valence-corrected chi connectivity index (χ1v) is 12.2. The summed E-state index contributed by atoms with van der Waals surface area (Å²) in [6.45, 7) is 9.91. The van der Waals surface area contributed by atoms with E-state index in [1.54, 1.807) is 18.3 Å². The van der Waals surface area contributed by atoms with Crippen LogP contribution in [0.15, 0.2) is 42.6 Å². The molecule has 1 aromatic carbocycles. The summed E-state index contributed by atoms with van der Waals surface area (Å²) in [5, 5.41) is 0.417. The van der Waals surface area contributed by atoms with Gasteiger partial charge in [0.15, 0.2) is 0 Å². The van der Waals surface area contributed by atoms with Crippen molar-refractivity contribution in [3.8, 4) is 5.75 Å². The second-order valence-electron chi connectivity index (χ2n) is 9.75. The first-order chi connectivity index (χ1) is 15.4. The molecule has 2 fully saturated rings. The zero-order valence-electron chi connectivity index (χ0n) is 19.2. The topological polar surface area (TPSA) is 45.7 Å². The fourth-order valence-electron chi connectivity index (χ4n) is 4.83. The van der Waals surface area contributed by atoms with Crippen molar-refractivity contribution in [3.05, 3.63) is 58.9 Å². The third-order valence-corrected chi connectivity index (χ3v) is 7.16. The number of hydrogen-bond donors (Lipinski definition) is 0. The van der Waals surface area contributed by atoms with Crippen LogP contribution in [0.25, 0.3) is 0 Å². The number of piperidine rings is 2. The zero-order valence-corrected chi connectivity index (χ0v) is 20.0. The van der Waals surface area contributed by atoms with Gasteiger partial charge in [0.05, 0.1) is 12.2 Å². The Morgan fingerprint density at radius 3 is 2.41 bits per heavy atom. The van der Waals surface area contributed by atoms with Crippen molar-refractivity contribution in [2.24, 2.45) is 11.3 Å². The lowest BCUT2D eigenvalue weighted by Gasteiger charge is -2.47. The number of rotatable bonds is 6. The molecule has 2 saturated heterocycles. The highest BCUT2D eigenvalue weighted by Gasteiger charge is 2.38. The summed E-state index contributed by atoms with van der Waals surface area (Å²) in [5.74, 6) is 1.61. The number of hydrogen-bond acceptors (Lipinski definition) is 4. The molecule has 2 aromatic rings. The molecule has 0 bridgehead atoms. The SMILES string of the molecule is CC(C)COc1ccccc1CN1CCC2(CC1)CCN(C(=O)c1ccc(Cl)nc1)CC2. The highest BCUT2D eigenvalue weighted by atomic mass is 35.5. The van der Waals surface area contributed by atoms with Crippen molar-refractivity contribution in [2.45, 2.75) is 46.1 Å². The molecule has 1 spiro atoms. The quantitative estimate of drug-likeness (QED) is 0.555. The van der Waals surface area contributed by atoms with Crippen LogP contribution in [0.5, 0.6) is 5.75 Å². The lowest BCUT2D eigenvalue weighted by Crippen LogP contribution is -2.48. The molecule has 172 valence electrons. The summed E-state index contributed by atoms with van der Waals surface area (Å²) >= 11 is 5.85. The Morgan fingerprint density at radius 1 is 1.06 bits per heavy atom. The van der Waals surface area contributed by atoms with Crippen LogP contribution in [-0.2, 0) is 6.54 Å². The van der Waals surface area contributed by atoms with Gasteiger partial charge in [-0.25, -0.2) is 4.98 Å². The van der Waals surface area contributed by atoms with Crippen molar-refractivity contribution in [1.29, 1.82) is 0 Å². The maximum Gasteiger partial charge on any atom is 0.255 e. The van der Waals surface area contributed by atoms with E-state index in [2.05, 4.69) is 48.0 Å². The van der Waals surface area contributed by atoms with Crippen LogP contribution in [0.4, 0.5) is 0 Å². The Bertz CT molecular complexity index is 898. The number of para-hydroxylation sites is 1. The van der Waals surface area contributed by atoms with E-state index in [1.807, 2.05) is 4.90 Å². The third-order valence-electron chi connectivity index (χ3n) is 6.94. The Hall–Kier alpha value is -2.11. The first-order valence-electron chi connectivity index (χ1n) is 11.8. The van der Waals surface area contributed by atoms with Gasteiger partial charge in [0, 0.05) is 31.4 Å². The number of nitrogens with zero attached hydrogens (tertiary/aromatic N) is 3. The number of likely N-dealkylation sites (tertiary alicyclic amines) is 2. The van der Waals surface area contributed by atoms with Crippen molar-refractivity contribution in [1.82, 2.24) is 14.8 Å². The summed E-state index contributed by atoms with van der Waals surface area (Å²) in [4.78, 5) is 21.4. The minimum Gasteiger partial charge on any atom is -0.493 e. The molecule has 6 heteroatoms. The van der Waals surface area contributed by atoms with Crippen LogP contribution in [0, 0.1) is 11.3 Å².